The number of carboxylic acid groups (broad SMARTS) is 1. The van der Waals surface area contributed by atoms with Crippen molar-refractivity contribution in [2.75, 3.05) is 0 Å². The summed E-state index contributed by atoms with van der Waals surface area (Å²) in [5.74, 6) is -0.759. The lowest BCUT2D eigenvalue weighted by Crippen LogP contribution is -2.04. The van der Waals surface area contributed by atoms with Gasteiger partial charge in [-0.2, -0.15) is 0 Å². The number of carboxylic acids is 1. The average molecular weight is 360 g/mol. The minimum atomic E-state index is -0.759. The maximum Gasteiger partial charge on any atom is 0.303 e. The van der Waals surface area contributed by atoms with Crippen LogP contribution in [0.4, 0.5) is 0 Å². The van der Waals surface area contributed by atoms with E-state index in [1.54, 1.807) is 0 Å². The van der Waals surface area contributed by atoms with Crippen LogP contribution in [0.1, 0.15) is 51.9 Å². The van der Waals surface area contributed by atoms with Gasteiger partial charge in [0.15, 0.2) is 0 Å². The van der Waals surface area contributed by atoms with Gasteiger partial charge in [0.1, 0.15) is 6.10 Å². The lowest BCUT2D eigenvalue weighted by atomic mass is 10.2. The highest BCUT2D eigenvalue weighted by molar-refractivity contribution is 5.66. The summed E-state index contributed by atoms with van der Waals surface area (Å²) in [6.07, 6.45) is 28.7. The summed E-state index contributed by atoms with van der Waals surface area (Å²) in [5, 5.41) is 17.3. The monoisotopic (exact) mass is 360 g/mol. The average Bonchev–Trinajstić information content (AvgIpc) is 2.63. The van der Waals surface area contributed by atoms with Crippen LogP contribution in [0.2, 0.25) is 0 Å². The third-order valence-corrected chi connectivity index (χ3v) is 3.32. The lowest BCUT2D eigenvalue weighted by Gasteiger charge is -2.03. The van der Waals surface area contributed by atoms with Gasteiger partial charge in [0.05, 0.1) is 0 Å². The van der Waals surface area contributed by atoms with Gasteiger partial charge in [0.2, 0.25) is 0 Å². The van der Waals surface area contributed by atoms with Gasteiger partial charge in [0.25, 0.3) is 0 Å². The molecule has 0 aromatic heterocycles. The molecule has 0 bridgehead atoms. The number of carbonyl (C=O) groups is 1. The maximum atomic E-state index is 10.3. The van der Waals surface area contributed by atoms with Gasteiger partial charge >= 0.3 is 5.97 Å². The molecular weight excluding hydrogens is 328 g/mol. The molecule has 0 saturated carbocycles. The van der Waals surface area contributed by atoms with Crippen LogP contribution < -0.4 is 0 Å². The molecule has 26 heavy (non-hydrogen) atoms. The van der Waals surface area contributed by atoms with Crippen LogP contribution in [0, 0.1) is 0 Å². The second-order valence-corrected chi connectivity index (χ2v) is 5.63. The summed E-state index contributed by atoms with van der Waals surface area (Å²) in [6, 6.07) is 0. The van der Waals surface area contributed by atoms with Gasteiger partial charge < -0.3 is 5.11 Å². The molecule has 2 N–H and O–H groups in total. The molecule has 0 heterocycles. The Balaban J connectivity index is 3.77. The number of allylic oxidation sites excluding steroid dienone is 10. The zero-order chi connectivity index (χ0) is 19.3. The molecule has 4 heteroatoms. The van der Waals surface area contributed by atoms with Crippen molar-refractivity contribution in [1.29, 1.82) is 0 Å². The van der Waals surface area contributed by atoms with Gasteiger partial charge in [-0.1, -0.05) is 79.8 Å². The summed E-state index contributed by atoms with van der Waals surface area (Å²) in [4.78, 5) is 14.7. The third kappa shape index (κ3) is 18.2. The van der Waals surface area contributed by atoms with Crippen molar-refractivity contribution in [3.63, 3.8) is 0 Å². The lowest BCUT2D eigenvalue weighted by molar-refractivity contribution is -0.264. The number of rotatable bonds is 15. The number of hydrogen-bond acceptors (Lipinski definition) is 3. The van der Waals surface area contributed by atoms with Crippen LogP contribution in [0.25, 0.3) is 0 Å². The SMILES string of the molecule is CC/C=C\CC(C=C/C=C\C/C=C\C/C=C\C/C=C\CCC(=O)O)OO. The summed E-state index contributed by atoms with van der Waals surface area (Å²) >= 11 is 0. The van der Waals surface area contributed by atoms with E-state index < -0.39 is 5.97 Å². The first-order valence-corrected chi connectivity index (χ1v) is 9.16. The second-order valence-electron chi connectivity index (χ2n) is 5.63. The number of hydrogen-bond donors (Lipinski definition) is 2. The Hall–Kier alpha value is -2.17. The maximum absolute atomic E-state index is 10.3. The molecular formula is C22H32O4. The van der Waals surface area contributed by atoms with Crippen molar-refractivity contribution in [3.8, 4) is 0 Å². The van der Waals surface area contributed by atoms with Crippen LogP contribution in [0.3, 0.4) is 0 Å². The Morgan fingerprint density at radius 1 is 0.885 bits per heavy atom. The molecule has 0 amide bonds. The third-order valence-electron chi connectivity index (χ3n) is 3.32. The highest BCUT2D eigenvalue weighted by atomic mass is 17.1. The fraction of sp³-hybridized carbons (Fsp3) is 0.409. The topological polar surface area (TPSA) is 66.8 Å². The summed E-state index contributed by atoms with van der Waals surface area (Å²) in [5.41, 5.74) is 0. The molecule has 1 unspecified atom stereocenters. The second kappa shape index (κ2) is 19.2. The van der Waals surface area contributed by atoms with Gasteiger partial charge in [-0.25, -0.2) is 4.89 Å². The van der Waals surface area contributed by atoms with Crippen LogP contribution in [-0.4, -0.2) is 22.4 Å². The quantitative estimate of drug-likeness (QED) is 0.162. The van der Waals surface area contributed by atoms with Crippen molar-refractivity contribution in [2.24, 2.45) is 0 Å². The van der Waals surface area contributed by atoms with E-state index >= 15 is 0 Å². The van der Waals surface area contributed by atoms with Crippen molar-refractivity contribution in [3.05, 3.63) is 72.9 Å². The smallest absolute Gasteiger partial charge is 0.303 e. The van der Waals surface area contributed by atoms with Crippen LogP contribution >= 0.6 is 0 Å². The van der Waals surface area contributed by atoms with Crippen molar-refractivity contribution < 1.29 is 20.0 Å². The van der Waals surface area contributed by atoms with Crippen molar-refractivity contribution >= 4 is 5.97 Å². The Morgan fingerprint density at radius 2 is 1.50 bits per heavy atom. The zero-order valence-electron chi connectivity index (χ0n) is 15.7. The Labute approximate surface area is 157 Å². The normalized spacial score (nSPS) is 14.2. The molecule has 1 atom stereocenters. The Kier molecular flexibility index (Phi) is 17.6. The molecule has 144 valence electrons. The molecule has 0 saturated heterocycles. The van der Waals surface area contributed by atoms with Crippen molar-refractivity contribution in [2.45, 2.75) is 58.0 Å². The molecule has 0 aliphatic heterocycles. The van der Waals surface area contributed by atoms with Crippen LogP contribution in [0.15, 0.2) is 72.9 Å². The predicted octanol–water partition coefficient (Wildman–Crippen LogP) is 6.02. The zero-order valence-corrected chi connectivity index (χ0v) is 15.7. The molecule has 0 spiro atoms. The molecule has 0 aromatic rings. The summed E-state index contributed by atoms with van der Waals surface area (Å²) < 4.78 is 0. The molecule has 0 aliphatic carbocycles. The van der Waals surface area contributed by atoms with Gasteiger partial charge in [-0.3, -0.25) is 10.1 Å². The highest BCUT2D eigenvalue weighted by Crippen LogP contribution is 2.02. The van der Waals surface area contributed by atoms with Crippen LogP contribution in [-0.2, 0) is 9.68 Å². The molecule has 4 nitrogen and oxygen atoms in total. The Bertz CT molecular complexity index is 510. The molecule has 0 rings (SSSR count). The molecule has 0 fully saturated rings. The van der Waals surface area contributed by atoms with Gasteiger partial charge in [-0.15, -0.1) is 0 Å². The van der Waals surface area contributed by atoms with E-state index in [2.05, 4.69) is 36.1 Å². The molecule has 0 aliphatic rings. The fourth-order valence-electron chi connectivity index (χ4n) is 1.94. The molecule has 0 aromatic carbocycles. The largest absolute Gasteiger partial charge is 0.481 e. The van der Waals surface area contributed by atoms with Crippen molar-refractivity contribution in [1.82, 2.24) is 0 Å². The van der Waals surface area contributed by atoms with E-state index in [1.807, 2.05) is 48.6 Å². The minimum Gasteiger partial charge on any atom is -0.481 e. The first-order valence-electron chi connectivity index (χ1n) is 9.16. The summed E-state index contributed by atoms with van der Waals surface area (Å²) in [6.45, 7) is 2.06. The van der Waals surface area contributed by atoms with Gasteiger partial charge in [-0.05, 0) is 38.5 Å². The van der Waals surface area contributed by atoms with E-state index in [1.165, 1.54) is 0 Å². The predicted molar refractivity (Wildman–Crippen MR) is 108 cm³/mol. The first-order chi connectivity index (χ1) is 12.7. The molecule has 0 radical (unpaired) electrons. The minimum absolute atomic E-state index is 0.190. The fourth-order valence-corrected chi connectivity index (χ4v) is 1.94. The van der Waals surface area contributed by atoms with E-state index in [-0.39, 0.29) is 12.5 Å². The first kappa shape index (κ1) is 23.8. The van der Waals surface area contributed by atoms with E-state index in [0.717, 1.165) is 25.7 Å². The Morgan fingerprint density at radius 3 is 2.08 bits per heavy atom. The highest BCUT2D eigenvalue weighted by Gasteiger charge is 1.99. The van der Waals surface area contributed by atoms with Crippen LogP contribution in [0.5, 0.6) is 0 Å². The van der Waals surface area contributed by atoms with E-state index in [4.69, 9.17) is 10.4 Å². The van der Waals surface area contributed by atoms with E-state index in [9.17, 15) is 4.79 Å². The standard InChI is InChI=1S/C22H32O4/c1-2-3-15-18-21(26-25)19-16-13-11-9-7-5-4-6-8-10-12-14-17-20-22(23)24/h3,5-8,11-16,19,21,25H,2,4,9-10,17-18,20H2,1H3,(H,23,24)/b7-5-,8-6-,13-11-,14-12-,15-3-,19-16?. The number of aliphatic carboxylic acids is 1. The summed E-state index contributed by atoms with van der Waals surface area (Å²) in [7, 11) is 0. The van der Waals surface area contributed by atoms with E-state index in [0.29, 0.717) is 12.8 Å². The van der Waals surface area contributed by atoms with Gasteiger partial charge in [0, 0.05) is 6.42 Å².